The molecule has 2 fully saturated rings. The molecular formula is C27H35N3O7. The Morgan fingerprint density at radius 1 is 0.811 bits per heavy atom. The molecule has 2 amide bonds. The average molecular weight is 514 g/mol. The molecular weight excluding hydrogens is 478 g/mol. The number of carbonyl (C=O) groups is 2. The van der Waals surface area contributed by atoms with E-state index < -0.39 is 0 Å². The van der Waals surface area contributed by atoms with E-state index in [9.17, 15) is 9.59 Å². The van der Waals surface area contributed by atoms with Crippen molar-refractivity contribution in [3.05, 3.63) is 47.5 Å². The number of morpholine rings is 1. The zero-order chi connectivity index (χ0) is 26.4. The molecule has 2 saturated heterocycles. The fourth-order valence-electron chi connectivity index (χ4n) is 4.77. The lowest BCUT2D eigenvalue weighted by atomic mass is 10.1. The van der Waals surface area contributed by atoms with Crippen molar-refractivity contribution in [2.75, 3.05) is 80.9 Å². The molecule has 0 bridgehead atoms. The van der Waals surface area contributed by atoms with E-state index in [4.69, 9.17) is 23.7 Å². The third-order valence-corrected chi connectivity index (χ3v) is 6.79. The Kier molecular flexibility index (Phi) is 8.73. The average Bonchev–Trinajstić information content (AvgIpc) is 2.96. The number of ether oxygens (including phenoxy) is 5. The maximum absolute atomic E-state index is 13.3. The molecule has 2 aliphatic rings. The van der Waals surface area contributed by atoms with Crippen LogP contribution >= 0.6 is 0 Å². The molecule has 0 aliphatic carbocycles. The highest BCUT2D eigenvalue weighted by Gasteiger charge is 2.30. The summed E-state index contributed by atoms with van der Waals surface area (Å²) in [5.41, 5.74) is 0.968. The van der Waals surface area contributed by atoms with E-state index in [0.717, 1.165) is 0 Å². The van der Waals surface area contributed by atoms with Gasteiger partial charge in [0.25, 0.3) is 11.8 Å². The first-order chi connectivity index (χ1) is 18.0. The summed E-state index contributed by atoms with van der Waals surface area (Å²) >= 11 is 0. The summed E-state index contributed by atoms with van der Waals surface area (Å²) in [7, 11) is 6.22. The molecule has 0 N–H and O–H groups in total. The third-order valence-electron chi connectivity index (χ3n) is 6.79. The van der Waals surface area contributed by atoms with E-state index in [0.29, 0.717) is 86.5 Å². The van der Waals surface area contributed by atoms with E-state index in [-0.39, 0.29) is 17.9 Å². The van der Waals surface area contributed by atoms with Crippen molar-refractivity contribution in [2.45, 2.75) is 6.10 Å². The van der Waals surface area contributed by atoms with Gasteiger partial charge in [-0.3, -0.25) is 14.5 Å². The minimum atomic E-state index is -0.109. The Morgan fingerprint density at radius 3 is 2.00 bits per heavy atom. The van der Waals surface area contributed by atoms with Crippen LogP contribution in [0.3, 0.4) is 0 Å². The molecule has 2 aliphatic heterocycles. The molecule has 2 aromatic rings. The van der Waals surface area contributed by atoms with Crippen molar-refractivity contribution >= 4 is 11.8 Å². The summed E-state index contributed by atoms with van der Waals surface area (Å²) in [6.45, 7) is 4.77. The molecule has 0 saturated carbocycles. The zero-order valence-electron chi connectivity index (χ0n) is 21.9. The van der Waals surface area contributed by atoms with Crippen molar-refractivity contribution in [2.24, 2.45) is 0 Å². The minimum absolute atomic E-state index is 0.0772. The number of hydrogen-bond acceptors (Lipinski definition) is 8. The third kappa shape index (κ3) is 6.08. The van der Waals surface area contributed by atoms with Crippen molar-refractivity contribution in [1.82, 2.24) is 14.7 Å². The van der Waals surface area contributed by atoms with Gasteiger partial charge in [0.2, 0.25) is 0 Å². The normalized spacial score (nSPS) is 18.3. The number of benzene rings is 2. The maximum Gasteiger partial charge on any atom is 0.261 e. The Balaban J connectivity index is 1.34. The molecule has 0 radical (unpaired) electrons. The fraction of sp³-hybridized carbons (Fsp3) is 0.481. The van der Waals surface area contributed by atoms with Crippen LogP contribution in [-0.2, 0) is 4.74 Å². The number of piperazine rings is 1. The lowest BCUT2D eigenvalue weighted by Crippen LogP contribution is -2.54. The Bertz CT molecular complexity index is 1060. The number of methoxy groups -OCH3 is 4. The lowest BCUT2D eigenvalue weighted by molar-refractivity contribution is -0.0400. The van der Waals surface area contributed by atoms with Gasteiger partial charge in [-0.25, -0.2) is 0 Å². The predicted molar refractivity (Wildman–Crippen MR) is 137 cm³/mol. The van der Waals surface area contributed by atoms with Crippen molar-refractivity contribution in [3.8, 4) is 23.0 Å². The van der Waals surface area contributed by atoms with E-state index in [1.807, 2.05) is 9.80 Å². The van der Waals surface area contributed by atoms with Gasteiger partial charge in [0.15, 0.2) is 0 Å². The summed E-state index contributed by atoms with van der Waals surface area (Å²) in [6.07, 6.45) is -0.109. The summed E-state index contributed by atoms with van der Waals surface area (Å²) in [4.78, 5) is 32.4. The van der Waals surface area contributed by atoms with Crippen LogP contribution < -0.4 is 18.9 Å². The number of carbonyl (C=O) groups excluding carboxylic acids is 2. The molecule has 2 heterocycles. The van der Waals surface area contributed by atoms with Gasteiger partial charge in [-0.05, 0) is 24.3 Å². The number of hydrogen-bond donors (Lipinski definition) is 0. The van der Waals surface area contributed by atoms with Crippen LogP contribution in [0.25, 0.3) is 0 Å². The van der Waals surface area contributed by atoms with Gasteiger partial charge in [0.1, 0.15) is 28.6 Å². The van der Waals surface area contributed by atoms with E-state index in [2.05, 4.69) is 4.90 Å². The Labute approximate surface area is 217 Å². The van der Waals surface area contributed by atoms with Gasteiger partial charge in [-0.15, -0.1) is 0 Å². The second kappa shape index (κ2) is 12.2. The van der Waals surface area contributed by atoms with Crippen molar-refractivity contribution < 1.29 is 33.3 Å². The highest BCUT2D eigenvalue weighted by Crippen LogP contribution is 2.30. The van der Waals surface area contributed by atoms with E-state index in [1.165, 1.54) is 0 Å². The lowest BCUT2D eigenvalue weighted by Gasteiger charge is -2.39. The number of amides is 2. The largest absolute Gasteiger partial charge is 0.497 e. The van der Waals surface area contributed by atoms with Crippen LogP contribution in [0, 0.1) is 0 Å². The first-order valence-electron chi connectivity index (χ1n) is 12.3. The standard InChI is InChI=1S/C27H35N3O7/c1-33-20-14-19(15-21(16-20)34-2)26(31)30-12-13-37-22(18-30)17-28-8-10-29(11-9-28)27(32)25-23(35-3)6-5-7-24(25)36-4/h5-7,14-16,22H,8-13,17-18H2,1-4H3. The smallest absolute Gasteiger partial charge is 0.261 e. The van der Waals surface area contributed by atoms with Gasteiger partial charge >= 0.3 is 0 Å². The van der Waals surface area contributed by atoms with Crippen LogP contribution in [0.4, 0.5) is 0 Å². The molecule has 10 nitrogen and oxygen atoms in total. The molecule has 2 aromatic carbocycles. The summed E-state index contributed by atoms with van der Waals surface area (Å²) in [5, 5.41) is 0. The van der Waals surface area contributed by atoms with E-state index >= 15 is 0 Å². The maximum atomic E-state index is 13.3. The molecule has 1 unspecified atom stereocenters. The van der Waals surface area contributed by atoms with E-state index in [1.54, 1.807) is 64.8 Å². The van der Waals surface area contributed by atoms with Crippen LogP contribution in [0.15, 0.2) is 36.4 Å². The van der Waals surface area contributed by atoms with Gasteiger partial charge in [-0.1, -0.05) is 6.07 Å². The quantitative estimate of drug-likeness (QED) is 0.530. The SMILES string of the molecule is COc1cc(OC)cc(C(=O)N2CCOC(CN3CCN(C(=O)c4c(OC)cccc4OC)CC3)C2)c1. The second-order valence-electron chi connectivity index (χ2n) is 8.98. The molecule has 1 atom stereocenters. The molecule has 0 aromatic heterocycles. The number of nitrogens with zero attached hydrogens (tertiary/aromatic N) is 3. The Hall–Kier alpha value is -3.50. The van der Waals surface area contributed by atoms with Crippen molar-refractivity contribution in [1.29, 1.82) is 0 Å². The molecule has 37 heavy (non-hydrogen) atoms. The minimum Gasteiger partial charge on any atom is -0.497 e. The Morgan fingerprint density at radius 2 is 1.43 bits per heavy atom. The monoisotopic (exact) mass is 513 g/mol. The fourth-order valence-corrected chi connectivity index (χ4v) is 4.77. The van der Waals surface area contributed by atoms with Crippen LogP contribution in [0.2, 0.25) is 0 Å². The molecule has 4 rings (SSSR count). The van der Waals surface area contributed by atoms with Crippen LogP contribution in [-0.4, -0.2) is 113 Å². The van der Waals surface area contributed by atoms with Crippen LogP contribution in [0.1, 0.15) is 20.7 Å². The van der Waals surface area contributed by atoms with Gasteiger partial charge in [0, 0.05) is 57.4 Å². The zero-order valence-corrected chi connectivity index (χ0v) is 21.9. The summed E-state index contributed by atoms with van der Waals surface area (Å²) < 4.78 is 27.4. The molecule has 200 valence electrons. The molecule has 10 heteroatoms. The first kappa shape index (κ1) is 26.6. The summed E-state index contributed by atoms with van der Waals surface area (Å²) in [6, 6.07) is 10.5. The topological polar surface area (TPSA) is 90.0 Å². The van der Waals surface area contributed by atoms with Gasteiger partial charge in [0.05, 0.1) is 41.2 Å². The summed E-state index contributed by atoms with van der Waals surface area (Å²) in [5.74, 6) is 1.97. The highest BCUT2D eigenvalue weighted by atomic mass is 16.5. The highest BCUT2D eigenvalue weighted by molar-refractivity contribution is 5.99. The van der Waals surface area contributed by atoms with Gasteiger partial charge < -0.3 is 33.5 Å². The van der Waals surface area contributed by atoms with Crippen LogP contribution in [0.5, 0.6) is 23.0 Å². The van der Waals surface area contributed by atoms with Crippen molar-refractivity contribution in [3.63, 3.8) is 0 Å². The first-order valence-corrected chi connectivity index (χ1v) is 12.3. The number of rotatable bonds is 8. The molecule has 0 spiro atoms. The van der Waals surface area contributed by atoms with Gasteiger partial charge in [-0.2, -0.15) is 0 Å². The predicted octanol–water partition coefficient (Wildman–Crippen LogP) is 2.02. The second-order valence-corrected chi connectivity index (χ2v) is 8.98.